The van der Waals surface area contributed by atoms with Gasteiger partial charge < -0.3 is 5.32 Å². The van der Waals surface area contributed by atoms with Crippen LogP contribution in [0.5, 0.6) is 0 Å². The standard InChI is InChI=1S/C16H19BrN4/c1-2-18-13-7-3-4-8-14-11(13)10-20-16(21-14)15-12(17)6-5-9-19-15/h5-6,9-10,13,18H,2-4,7-8H2,1H3. The van der Waals surface area contributed by atoms with E-state index in [1.54, 1.807) is 6.20 Å². The number of rotatable bonds is 3. The molecule has 0 amide bonds. The molecule has 0 spiro atoms. The molecule has 110 valence electrons. The quantitative estimate of drug-likeness (QED) is 0.861. The highest BCUT2D eigenvalue weighted by molar-refractivity contribution is 9.10. The van der Waals surface area contributed by atoms with E-state index in [9.17, 15) is 0 Å². The molecule has 0 saturated heterocycles. The largest absolute Gasteiger partial charge is 0.310 e. The van der Waals surface area contributed by atoms with Gasteiger partial charge >= 0.3 is 0 Å². The molecule has 1 atom stereocenters. The zero-order valence-electron chi connectivity index (χ0n) is 12.1. The predicted octanol–water partition coefficient (Wildman–Crippen LogP) is 3.68. The van der Waals surface area contributed by atoms with Crippen molar-refractivity contribution in [1.82, 2.24) is 20.3 Å². The molecule has 21 heavy (non-hydrogen) atoms. The van der Waals surface area contributed by atoms with Crippen molar-refractivity contribution < 1.29 is 0 Å². The van der Waals surface area contributed by atoms with E-state index in [1.165, 1.54) is 24.1 Å². The Balaban J connectivity index is 2.01. The molecule has 4 nitrogen and oxygen atoms in total. The first-order valence-electron chi connectivity index (χ1n) is 7.49. The highest BCUT2D eigenvalue weighted by atomic mass is 79.9. The molecule has 0 saturated carbocycles. The van der Waals surface area contributed by atoms with Crippen LogP contribution in [0.4, 0.5) is 0 Å². The smallest absolute Gasteiger partial charge is 0.179 e. The molecule has 1 N–H and O–H groups in total. The Morgan fingerprint density at radius 3 is 3.05 bits per heavy atom. The maximum atomic E-state index is 4.79. The number of nitrogens with one attached hydrogen (secondary N) is 1. The van der Waals surface area contributed by atoms with Gasteiger partial charge in [0.25, 0.3) is 0 Å². The highest BCUT2D eigenvalue weighted by Gasteiger charge is 2.20. The second kappa shape index (κ2) is 6.62. The second-order valence-corrected chi connectivity index (χ2v) is 6.14. The third kappa shape index (κ3) is 3.14. The third-order valence-electron chi connectivity index (χ3n) is 3.85. The number of hydrogen-bond donors (Lipinski definition) is 1. The minimum atomic E-state index is 0.383. The van der Waals surface area contributed by atoms with Crippen molar-refractivity contribution >= 4 is 15.9 Å². The molecule has 0 bridgehead atoms. The van der Waals surface area contributed by atoms with Crippen LogP contribution in [0.2, 0.25) is 0 Å². The first-order valence-corrected chi connectivity index (χ1v) is 8.29. The zero-order valence-corrected chi connectivity index (χ0v) is 13.7. The average Bonchev–Trinajstić information content (AvgIpc) is 2.70. The molecular weight excluding hydrogens is 328 g/mol. The van der Waals surface area contributed by atoms with Gasteiger partial charge in [-0.25, -0.2) is 9.97 Å². The van der Waals surface area contributed by atoms with Crippen LogP contribution in [-0.4, -0.2) is 21.5 Å². The third-order valence-corrected chi connectivity index (χ3v) is 4.49. The lowest BCUT2D eigenvalue weighted by Crippen LogP contribution is -2.21. The Morgan fingerprint density at radius 2 is 2.24 bits per heavy atom. The Bertz CT molecular complexity index is 629. The lowest BCUT2D eigenvalue weighted by molar-refractivity contribution is 0.502. The van der Waals surface area contributed by atoms with Crippen molar-refractivity contribution in [3.8, 4) is 11.5 Å². The average molecular weight is 347 g/mol. The van der Waals surface area contributed by atoms with Crippen LogP contribution in [-0.2, 0) is 6.42 Å². The fourth-order valence-electron chi connectivity index (χ4n) is 2.84. The van der Waals surface area contributed by atoms with E-state index in [1.807, 2.05) is 18.3 Å². The molecule has 2 aromatic rings. The summed E-state index contributed by atoms with van der Waals surface area (Å²) in [7, 11) is 0. The predicted molar refractivity (Wildman–Crippen MR) is 86.9 cm³/mol. The van der Waals surface area contributed by atoms with Gasteiger partial charge in [0, 0.05) is 34.2 Å². The highest BCUT2D eigenvalue weighted by Crippen LogP contribution is 2.29. The zero-order chi connectivity index (χ0) is 14.7. The van der Waals surface area contributed by atoms with Crippen molar-refractivity contribution in [3.63, 3.8) is 0 Å². The normalized spacial score (nSPS) is 18.1. The molecule has 2 heterocycles. The molecule has 2 aromatic heterocycles. The van der Waals surface area contributed by atoms with E-state index in [4.69, 9.17) is 4.98 Å². The number of pyridine rings is 1. The van der Waals surface area contributed by atoms with Gasteiger partial charge in [-0.05, 0) is 53.9 Å². The number of halogens is 1. The lowest BCUT2D eigenvalue weighted by atomic mass is 10.0. The van der Waals surface area contributed by atoms with Crippen molar-refractivity contribution in [3.05, 3.63) is 40.3 Å². The van der Waals surface area contributed by atoms with Crippen molar-refractivity contribution in [2.24, 2.45) is 0 Å². The van der Waals surface area contributed by atoms with Crippen LogP contribution in [0, 0.1) is 0 Å². The molecule has 0 radical (unpaired) electrons. The second-order valence-electron chi connectivity index (χ2n) is 5.29. The summed E-state index contributed by atoms with van der Waals surface area (Å²) in [6, 6.07) is 4.26. The van der Waals surface area contributed by atoms with E-state index in [2.05, 4.69) is 38.1 Å². The van der Waals surface area contributed by atoms with Crippen LogP contribution >= 0.6 is 15.9 Å². The van der Waals surface area contributed by atoms with E-state index in [-0.39, 0.29) is 0 Å². The summed E-state index contributed by atoms with van der Waals surface area (Å²) in [5, 5.41) is 3.55. The molecule has 1 unspecified atom stereocenters. The molecule has 0 fully saturated rings. The van der Waals surface area contributed by atoms with Crippen molar-refractivity contribution in [2.75, 3.05) is 6.54 Å². The Labute approximate surface area is 133 Å². The number of hydrogen-bond acceptors (Lipinski definition) is 4. The van der Waals surface area contributed by atoms with E-state index >= 15 is 0 Å². The van der Waals surface area contributed by atoms with Crippen LogP contribution in [0.25, 0.3) is 11.5 Å². The fourth-order valence-corrected chi connectivity index (χ4v) is 3.27. The van der Waals surface area contributed by atoms with Gasteiger partial charge in [0.15, 0.2) is 5.82 Å². The summed E-state index contributed by atoms with van der Waals surface area (Å²) in [6.07, 6.45) is 8.37. The topological polar surface area (TPSA) is 50.7 Å². The molecular formula is C16H19BrN4. The number of aromatic nitrogens is 3. The SMILES string of the molecule is CCNC1CCCCc2nc(-c3ncccc3Br)ncc21. The molecule has 0 aliphatic heterocycles. The molecule has 3 rings (SSSR count). The van der Waals surface area contributed by atoms with Crippen LogP contribution in [0.15, 0.2) is 29.0 Å². The van der Waals surface area contributed by atoms with Gasteiger partial charge in [-0.3, -0.25) is 4.98 Å². The summed E-state index contributed by atoms with van der Waals surface area (Å²) >= 11 is 3.53. The van der Waals surface area contributed by atoms with Crippen LogP contribution in [0.3, 0.4) is 0 Å². The van der Waals surface area contributed by atoms with Gasteiger partial charge in [-0.1, -0.05) is 13.3 Å². The molecule has 5 heteroatoms. The number of aryl methyl sites for hydroxylation is 1. The number of nitrogens with zero attached hydrogens (tertiary/aromatic N) is 3. The van der Waals surface area contributed by atoms with E-state index < -0.39 is 0 Å². The fraction of sp³-hybridized carbons (Fsp3) is 0.438. The maximum Gasteiger partial charge on any atom is 0.179 e. The Morgan fingerprint density at radius 1 is 1.33 bits per heavy atom. The first kappa shape index (κ1) is 14.6. The van der Waals surface area contributed by atoms with Crippen molar-refractivity contribution in [1.29, 1.82) is 0 Å². The van der Waals surface area contributed by atoms with Gasteiger partial charge in [0.1, 0.15) is 5.69 Å². The summed E-state index contributed by atoms with van der Waals surface area (Å²) in [5.74, 6) is 0.707. The number of fused-ring (bicyclic) bond motifs is 1. The molecule has 0 aromatic carbocycles. The van der Waals surface area contributed by atoms with E-state index in [0.717, 1.165) is 29.6 Å². The van der Waals surface area contributed by atoms with Gasteiger partial charge in [0.2, 0.25) is 0 Å². The first-order chi connectivity index (χ1) is 10.3. The molecule has 1 aliphatic carbocycles. The summed E-state index contributed by atoms with van der Waals surface area (Å²) in [5.41, 5.74) is 3.23. The maximum absolute atomic E-state index is 4.79. The minimum Gasteiger partial charge on any atom is -0.310 e. The lowest BCUT2D eigenvalue weighted by Gasteiger charge is -2.17. The Kier molecular flexibility index (Phi) is 4.60. The van der Waals surface area contributed by atoms with Crippen LogP contribution in [0.1, 0.15) is 43.5 Å². The van der Waals surface area contributed by atoms with Gasteiger partial charge in [-0.15, -0.1) is 0 Å². The Hall–Kier alpha value is -1.33. The van der Waals surface area contributed by atoms with Gasteiger partial charge in [0.05, 0.1) is 0 Å². The van der Waals surface area contributed by atoms with Crippen molar-refractivity contribution in [2.45, 2.75) is 38.6 Å². The van der Waals surface area contributed by atoms with Crippen LogP contribution < -0.4 is 5.32 Å². The summed E-state index contributed by atoms with van der Waals surface area (Å²) in [4.78, 5) is 13.7. The minimum absolute atomic E-state index is 0.383. The summed E-state index contributed by atoms with van der Waals surface area (Å²) < 4.78 is 0.932. The monoisotopic (exact) mass is 346 g/mol. The van der Waals surface area contributed by atoms with E-state index in [0.29, 0.717) is 11.9 Å². The van der Waals surface area contributed by atoms with Gasteiger partial charge in [-0.2, -0.15) is 0 Å². The molecule has 1 aliphatic rings. The summed E-state index contributed by atoms with van der Waals surface area (Å²) in [6.45, 7) is 3.11.